The lowest BCUT2D eigenvalue weighted by Crippen LogP contribution is -2.63. The van der Waals surface area contributed by atoms with Crippen molar-refractivity contribution < 1.29 is 65.4 Å². The van der Waals surface area contributed by atoms with Crippen LogP contribution >= 0.6 is 15.9 Å². The van der Waals surface area contributed by atoms with Crippen LogP contribution < -0.4 is 20.1 Å². The van der Waals surface area contributed by atoms with Gasteiger partial charge in [0.1, 0.15) is 22.8 Å². The van der Waals surface area contributed by atoms with Crippen LogP contribution in [0.2, 0.25) is 0 Å². The van der Waals surface area contributed by atoms with Crippen LogP contribution in [0.5, 0.6) is 11.5 Å². The second kappa shape index (κ2) is 11.4. The van der Waals surface area contributed by atoms with Gasteiger partial charge in [-0.2, -0.15) is 21.6 Å². The van der Waals surface area contributed by atoms with E-state index < -0.39 is 125 Å². The standard InChI is InChI=1S/C26H28BrF3N4O11S/c1-33(2)16-9-5-8-6-10-17(34(3)4)20(38)14(24(31)41)23(40)25(10,42)22(39)12(8)18(36)13(9)19(37)15(32-11(35)7-27)21(16)45-46(43,44)26(28,29)30/h8,10,17,37-39,42H,5-7H2,1-4H3,(H2,31,41)(H,32,35)/t8?,10?,17-,25-/m0/s1. The normalized spacial score (nSPS) is 24.8. The second-order valence-corrected chi connectivity index (χ2v) is 13.4. The van der Waals surface area contributed by atoms with Gasteiger partial charge in [0.2, 0.25) is 11.7 Å². The molecular weight excluding hydrogens is 713 g/mol. The van der Waals surface area contributed by atoms with E-state index in [4.69, 9.17) is 5.73 Å². The lowest BCUT2D eigenvalue weighted by Gasteiger charge is -2.50. The molecule has 46 heavy (non-hydrogen) atoms. The van der Waals surface area contributed by atoms with Crippen molar-refractivity contribution in [3.05, 3.63) is 33.8 Å². The number of amides is 2. The summed E-state index contributed by atoms with van der Waals surface area (Å²) in [5.74, 6) is -12.2. The summed E-state index contributed by atoms with van der Waals surface area (Å²) in [5, 5.41) is 46.8. The van der Waals surface area contributed by atoms with Crippen LogP contribution in [0, 0.1) is 11.8 Å². The average molecular weight is 741 g/mol. The topological polar surface area (TPSA) is 237 Å². The van der Waals surface area contributed by atoms with Crippen LogP contribution in [0.15, 0.2) is 22.7 Å². The zero-order chi connectivity index (χ0) is 35.0. The number of nitrogens with two attached hydrogens (primary N) is 1. The summed E-state index contributed by atoms with van der Waals surface area (Å²) in [7, 11) is -1.07. The number of hydrogen-bond donors (Lipinski definition) is 6. The van der Waals surface area contributed by atoms with Crippen molar-refractivity contribution in [3.63, 3.8) is 0 Å². The molecule has 7 N–H and O–H groups in total. The largest absolute Gasteiger partial charge is 0.534 e. The van der Waals surface area contributed by atoms with Crippen LogP contribution in [0.25, 0.3) is 0 Å². The number of hydrogen-bond acceptors (Lipinski definition) is 13. The zero-order valence-electron chi connectivity index (χ0n) is 24.4. The van der Waals surface area contributed by atoms with E-state index in [-0.39, 0.29) is 12.0 Å². The number of phenols is 1. The Labute approximate surface area is 267 Å². The van der Waals surface area contributed by atoms with E-state index in [0.717, 1.165) is 4.90 Å². The van der Waals surface area contributed by atoms with Crippen LogP contribution in [0.1, 0.15) is 22.3 Å². The first-order valence-electron chi connectivity index (χ1n) is 13.1. The lowest BCUT2D eigenvalue weighted by molar-refractivity contribution is -0.148. The maximum Gasteiger partial charge on any atom is 0.534 e. The molecule has 2 amide bonds. The van der Waals surface area contributed by atoms with E-state index in [1.54, 1.807) is 0 Å². The number of primary amides is 1. The zero-order valence-corrected chi connectivity index (χ0v) is 26.8. The molecule has 15 nitrogen and oxygen atoms in total. The summed E-state index contributed by atoms with van der Waals surface area (Å²) in [6.07, 6.45) is -0.788. The highest BCUT2D eigenvalue weighted by molar-refractivity contribution is 9.09. The van der Waals surface area contributed by atoms with Gasteiger partial charge in [0.25, 0.3) is 5.91 Å². The highest BCUT2D eigenvalue weighted by Gasteiger charge is 2.63. The number of fused-ring (bicyclic) bond motifs is 3. The van der Waals surface area contributed by atoms with Gasteiger partial charge in [-0.15, -0.1) is 0 Å². The van der Waals surface area contributed by atoms with Gasteiger partial charge in [-0.1, -0.05) is 15.9 Å². The number of phenolic OH excluding ortho intramolecular Hbond substituents is 1. The summed E-state index contributed by atoms with van der Waals surface area (Å²) < 4.78 is 69.1. The Morgan fingerprint density at radius 2 is 1.74 bits per heavy atom. The van der Waals surface area contributed by atoms with E-state index in [0.29, 0.717) is 0 Å². The number of alkyl halides is 4. The van der Waals surface area contributed by atoms with Crippen molar-refractivity contribution in [1.82, 2.24) is 4.90 Å². The Morgan fingerprint density at radius 1 is 1.15 bits per heavy atom. The molecule has 1 aromatic rings. The number of ketones is 2. The van der Waals surface area contributed by atoms with E-state index in [9.17, 15) is 61.2 Å². The van der Waals surface area contributed by atoms with Gasteiger partial charge >= 0.3 is 15.6 Å². The van der Waals surface area contributed by atoms with E-state index in [2.05, 4.69) is 20.1 Å². The Morgan fingerprint density at radius 3 is 2.22 bits per heavy atom. The minimum absolute atomic E-state index is 0.259. The molecular formula is C26H28BrF3N4O11S. The quantitative estimate of drug-likeness (QED) is 0.0745. The molecule has 0 saturated heterocycles. The third-order valence-electron chi connectivity index (χ3n) is 8.13. The van der Waals surface area contributed by atoms with Gasteiger partial charge in [0, 0.05) is 25.6 Å². The fraction of sp³-hybridized carbons (Fsp3) is 0.462. The number of aromatic hydroxyl groups is 1. The molecule has 0 radical (unpaired) electrons. The Kier molecular flexibility index (Phi) is 8.69. The molecule has 0 fully saturated rings. The van der Waals surface area contributed by atoms with Crippen LogP contribution in [-0.4, -0.2) is 108 Å². The number of aliphatic hydroxyl groups excluding tert-OH is 2. The molecule has 4 rings (SSSR count). The minimum Gasteiger partial charge on any atom is -0.510 e. The summed E-state index contributed by atoms with van der Waals surface area (Å²) >= 11 is 2.81. The molecule has 4 atom stereocenters. The number of allylic oxidation sites excluding steroid dienone is 1. The smallest absolute Gasteiger partial charge is 0.510 e. The van der Waals surface area contributed by atoms with Crippen molar-refractivity contribution in [3.8, 4) is 11.5 Å². The van der Waals surface area contributed by atoms with Crippen molar-refractivity contribution in [2.24, 2.45) is 17.6 Å². The average Bonchev–Trinajstić information content (AvgIpc) is 2.91. The Balaban J connectivity index is 2.07. The third-order valence-corrected chi connectivity index (χ3v) is 9.59. The number of nitrogens with one attached hydrogen (secondary N) is 1. The number of anilines is 2. The number of carbonyl (C=O) groups excluding carboxylic acids is 4. The molecule has 0 aromatic heterocycles. The molecule has 20 heteroatoms. The van der Waals surface area contributed by atoms with Gasteiger partial charge in [0.15, 0.2) is 22.9 Å². The van der Waals surface area contributed by atoms with Crippen LogP contribution in [-0.2, 0) is 30.9 Å². The number of carbonyl (C=O) groups is 4. The van der Waals surface area contributed by atoms with Gasteiger partial charge in [-0.05, 0) is 38.4 Å². The number of halogens is 4. The maximum absolute atomic E-state index is 14.1. The van der Waals surface area contributed by atoms with Crippen molar-refractivity contribution >= 4 is 60.8 Å². The minimum atomic E-state index is -6.41. The van der Waals surface area contributed by atoms with Crippen LogP contribution in [0.4, 0.5) is 24.5 Å². The molecule has 3 aliphatic carbocycles. The van der Waals surface area contributed by atoms with Crippen molar-refractivity contribution in [2.75, 3.05) is 43.7 Å². The highest BCUT2D eigenvalue weighted by atomic mass is 79.9. The number of likely N-dealkylation sites (N-methyl/N-ethyl adjacent to an activating group) is 1. The highest BCUT2D eigenvalue weighted by Crippen LogP contribution is 2.57. The molecule has 0 bridgehead atoms. The van der Waals surface area contributed by atoms with Gasteiger partial charge < -0.3 is 40.6 Å². The van der Waals surface area contributed by atoms with Crippen LogP contribution in [0.3, 0.4) is 0 Å². The lowest BCUT2D eigenvalue weighted by atomic mass is 9.58. The van der Waals surface area contributed by atoms with Gasteiger partial charge in [-0.25, -0.2) is 0 Å². The van der Waals surface area contributed by atoms with Crippen molar-refractivity contribution in [2.45, 2.75) is 30.0 Å². The fourth-order valence-electron chi connectivity index (χ4n) is 6.34. The molecule has 0 aliphatic heterocycles. The predicted molar refractivity (Wildman–Crippen MR) is 156 cm³/mol. The summed E-state index contributed by atoms with van der Waals surface area (Å²) in [6.45, 7) is 0. The Bertz CT molecular complexity index is 1760. The fourth-order valence-corrected chi connectivity index (χ4v) is 6.96. The predicted octanol–water partition coefficient (Wildman–Crippen LogP) is 0.748. The number of aliphatic hydroxyl groups is 3. The van der Waals surface area contributed by atoms with Crippen molar-refractivity contribution in [1.29, 1.82) is 0 Å². The molecule has 0 saturated carbocycles. The number of benzene rings is 1. The van der Waals surface area contributed by atoms with E-state index in [1.165, 1.54) is 33.1 Å². The first-order valence-corrected chi connectivity index (χ1v) is 15.7. The summed E-state index contributed by atoms with van der Waals surface area (Å²) in [5.41, 5.74) is -7.73. The molecule has 3 aliphatic rings. The summed E-state index contributed by atoms with van der Waals surface area (Å²) in [6, 6.07) is -1.32. The third kappa shape index (κ3) is 5.06. The molecule has 2 unspecified atom stereocenters. The van der Waals surface area contributed by atoms with Gasteiger partial charge in [-0.3, -0.25) is 24.1 Å². The summed E-state index contributed by atoms with van der Waals surface area (Å²) in [4.78, 5) is 54.4. The van der Waals surface area contributed by atoms with E-state index in [1.807, 2.05) is 5.32 Å². The number of rotatable bonds is 7. The Hall–Kier alpha value is -3.88. The first kappa shape index (κ1) is 35.0. The maximum atomic E-state index is 14.1. The molecule has 1 aromatic carbocycles. The van der Waals surface area contributed by atoms with Gasteiger partial charge in [0.05, 0.1) is 22.6 Å². The number of Topliss-reactive ketones (excluding diaryl/α,β-unsaturated/α-hetero) is 2. The SMILES string of the molecule is CN(C)c1c2c(c(O)c(NC(=O)CBr)c1OS(=O)(=O)C(F)(F)F)C(=O)C1=C(O)[C@]3(O)C(=O)C(C(N)=O)=C(O)[C@@H](N(C)C)C3CC1C2. The second-order valence-electron chi connectivity index (χ2n) is 11.3. The van der Waals surface area contributed by atoms with E-state index >= 15 is 0 Å². The molecule has 252 valence electrons. The molecule has 0 spiro atoms. The monoisotopic (exact) mass is 740 g/mol. The number of nitrogens with zero attached hydrogens (tertiary/aromatic N) is 2. The first-order chi connectivity index (χ1) is 21.0. The molecule has 0 heterocycles.